The van der Waals surface area contributed by atoms with Gasteiger partial charge in [-0.2, -0.15) is 13.8 Å². The van der Waals surface area contributed by atoms with Gasteiger partial charge in [0.2, 0.25) is 0 Å². The van der Waals surface area contributed by atoms with Gasteiger partial charge in [0.1, 0.15) is 0 Å². The second kappa shape index (κ2) is 26.3. The first-order valence-electron chi connectivity index (χ1n) is 2.47. The van der Waals surface area contributed by atoms with Crippen LogP contribution in [-0.2, 0) is 0 Å². The third-order valence-corrected chi connectivity index (χ3v) is 0.236. The SMILES string of the molecule is C[CH-]C.[CH2-]C=CC.[Mg+2]. The summed E-state index contributed by atoms with van der Waals surface area (Å²) in [4.78, 5) is 0. The molecule has 0 aliphatic heterocycles. The number of rotatable bonds is 0. The van der Waals surface area contributed by atoms with Gasteiger partial charge < -0.3 is 6.42 Å². The fourth-order valence-corrected chi connectivity index (χ4v) is 0. The summed E-state index contributed by atoms with van der Waals surface area (Å²) < 4.78 is 0. The molecule has 0 bridgehead atoms. The van der Waals surface area contributed by atoms with Gasteiger partial charge in [0, 0.05) is 0 Å². The summed E-state index contributed by atoms with van der Waals surface area (Å²) in [6, 6.07) is 0. The predicted octanol–water partition coefficient (Wildman–Crippen LogP) is 2.25. The Balaban J connectivity index is -0.0000000575. The van der Waals surface area contributed by atoms with Crippen molar-refractivity contribution in [3.63, 3.8) is 0 Å². The van der Waals surface area contributed by atoms with Crippen LogP contribution in [0, 0.1) is 13.3 Å². The van der Waals surface area contributed by atoms with Crippen molar-refractivity contribution in [3.05, 3.63) is 25.5 Å². The van der Waals surface area contributed by atoms with E-state index in [0.29, 0.717) is 0 Å². The normalized spacial score (nSPS) is 6.88. The van der Waals surface area contributed by atoms with Crippen molar-refractivity contribution in [1.82, 2.24) is 0 Å². The van der Waals surface area contributed by atoms with Crippen molar-refractivity contribution >= 4 is 23.1 Å². The van der Waals surface area contributed by atoms with Crippen molar-refractivity contribution in [1.29, 1.82) is 0 Å². The minimum atomic E-state index is 0. The molecule has 0 heterocycles. The molecule has 0 radical (unpaired) electrons. The molecule has 0 fully saturated rings. The molecule has 1 heteroatoms. The first-order chi connectivity index (χ1) is 3.33. The van der Waals surface area contributed by atoms with Gasteiger partial charge in [-0.3, -0.25) is 0 Å². The number of hydrogen-bond donors (Lipinski definition) is 0. The maximum Gasteiger partial charge on any atom is 2.00 e. The topological polar surface area (TPSA) is 0 Å². The Morgan fingerprint density at radius 1 is 1.38 bits per heavy atom. The minimum absolute atomic E-state index is 0. The standard InChI is InChI=1S/C4H7.C3H7.Mg/c1-3-4-2;1-3-2;/h3-4H,1H2,2H3;3H,1-2H3;/q2*-1;+2. The molecule has 0 aromatic carbocycles. The maximum atomic E-state index is 3.42. The van der Waals surface area contributed by atoms with Crippen LogP contribution in [0.5, 0.6) is 0 Å². The smallest absolute Gasteiger partial charge is 0.335 e. The maximum absolute atomic E-state index is 3.42. The summed E-state index contributed by atoms with van der Waals surface area (Å²) >= 11 is 0. The number of allylic oxidation sites excluding steroid dienone is 2. The van der Waals surface area contributed by atoms with E-state index in [0.717, 1.165) is 0 Å². The number of hydrogen-bond acceptors (Lipinski definition) is 0. The molecule has 44 valence electrons. The van der Waals surface area contributed by atoms with Crippen LogP contribution in [0.25, 0.3) is 0 Å². The molecule has 0 amide bonds. The molecule has 0 N–H and O–H groups in total. The molecule has 0 nitrogen and oxygen atoms in total. The summed E-state index contributed by atoms with van der Waals surface area (Å²) in [6.45, 7) is 9.36. The quantitative estimate of drug-likeness (QED) is 0.342. The molecule has 0 atom stereocenters. The van der Waals surface area contributed by atoms with Crippen LogP contribution in [0.4, 0.5) is 0 Å². The average Bonchev–Trinajstić information content (AvgIpc) is 1.69. The van der Waals surface area contributed by atoms with Gasteiger partial charge in [-0.15, -0.1) is 6.92 Å². The fraction of sp³-hybridized carbons (Fsp3) is 0.429. The molecular weight excluding hydrogens is 108 g/mol. The van der Waals surface area contributed by atoms with Crippen molar-refractivity contribution in [2.75, 3.05) is 0 Å². The molecular formula is C7H14Mg. The van der Waals surface area contributed by atoms with Crippen LogP contribution >= 0.6 is 0 Å². The van der Waals surface area contributed by atoms with E-state index in [1.165, 1.54) is 0 Å². The van der Waals surface area contributed by atoms with Crippen molar-refractivity contribution in [3.8, 4) is 0 Å². The first kappa shape index (κ1) is 15.8. The van der Waals surface area contributed by atoms with E-state index in [9.17, 15) is 0 Å². The van der Waals surface area contributed by atoms with E-state index in [4.69, 9.17) is 0 Å². The van der Waals surface area contributed by atoms with Crippen LogP contribution in [0.1, 0.15) is 20.8 Å². The largest absolute Gasteiger partial charge is 2.00 e. The molecule has 0 aromatic heterocycles. The Hall–Kier alpha value is 0.376. The molecule has 0 aliphatic rings. The summed E-state index contributed by atoms with van der Waals surface area (Å²) in [6.07, 6.45) is 5.64. The Morgan fingerprint density at radius 2 is 1.50 bits per heavy atom. The molecule has 0 aliphatic carbocycles. The van der Waals surface area contributed by atoms with E-state index >= 15 is 0 Å². The van der Waals surface area contributed by atoms with Gasteiger partial charge in [-0.25, -0.2) is 19.1 Å². The molecule has 0 rings (SSSR count). The van der Waals surface area contributed by atoms with E-state index in [1.54, 1.807) is 6.08 Å². The third-order valence-electron chi connectivity index (χ3n) is 0.236. The molecule has 0 aromatic rings. The van der Waals surface area contributed by atoms with Crippen LogP contribution in [0.15, 0.2) is 12.2 Å². The van der Waals surface area contributed by atoms with Crippen LogP contribution < -0.4 is 0 Å². The minimum Gasteiger partial charge on any atom is -0.335 e. The molecule has 0 saturated carbocycles. The average molecular weight is 122 g/mol. The second-order valence-electron chi connectivity index (χ2n) is 1.15. The zero-order valence-corrected chi connectivity index (χ0v) is 7.56. The summed E-state index contributed by atoms with van der Waals surface area (Å²) in [7, 11) is 0. The Kier molecular flexibility index (Phi) is 51.9. The summed E-state index contributed by atoms with van der Waals surface area (Å²) in [5.41, 5.74) is 0. The molecule has 0 spiro atoms. The Morgan fingerprint density at radius 3 is 1.50 bits per heavy atom. The Bertz CT molecular complexity index is 27.4. The van der Waals surface area contributed by atoms with Gasteiger partial charge in [-0.1, -0.05) is 0 Å². The van der Waals surface area contributed by atoms with Crippen LogP contribution in [-0.4, -0.2) is 23.1 Å². The second-order valence-corrected chi connectivity index (χ2v) is 1.15. The predicted molar refractivity (Wildman–Crippen MR) is 41.6 cm³/mol. The van der Waals surface area contributed by atoms with Crippen LogP contribution in [0.3, 0.4) is 0 Å². The van der Waals surface area contributed by atoms with E-state index < -0.39 is 0 Å². The molecule has 8 heavy (non-hydrogen) atoms. The van der Waals surface area contributed by atoms with Crippen molar-refractivity contribution in [2.45, 2.75) is 20.8 Å². The van der Waals surface area contributed by atoms with Gasteiger partial charge in [0.15, 0.2) is 0 Å². The van der Waals surface area contributed by atoms with E-state index in [2.05, 4.69) is 6.92 Å². The van der Waals surface area contributed by atoms with Crippen LogP contribution in [0.2, 0.25) is 0 Å². The zero-order valence-electron chi connectivity index (χ0n) is 6.15. The first-order valence-corrected chi connectivity index (χ1v) is 2.47. The summed E-state index contributed by atoms with van der Waals surface area (Å²) in [5, 5.41) is 0. The van der Waals surface area contributed by atoms with E-state index in [1.807, 2.05) is 33.3 Å². The monoisotopic (exact) mass is 122 g/mol. The Labute approximate surface area is 69.5 Å². The van der Waals surface area contributed by atoms with E-state index in [-0.39, 0.29) is 23.1 Å². The van der Waals surface area contributed by atoms with Crippen molar-refractivity contribution in [2.24, 2.45) is 0 Å². The summed E-state index contributed by atoms with van der Waals surface area (Å²) in [5.74, 6) is 0. The van der Waals surface area contributed by atoms with Gasteiger partial charge in [-0.05, 0) is 0 Å². The zero-order chi connectivity index (χ0) is 6.12. The third kappa shape index (κ3) is 97.3. The van der Waals surface area contributed by atoms with Gasteiger partial charge in [0.25, 0.3) is 0 Å². The van der Waals surface area contributed by atoms with Crippen molar-refractivity contribution < 1.29 is 0 Å². The molecule has 0 saturated heterocycles. The molecule has 0 unspecified atom stereocenters. The van der Waals surface area contributed by atoms with Gasteiger partial charge in [0.05, 0.1) is 0 Å². The van der Waals surface area contributed by atoms with Gasteiger partial charge >= 0.3 is 23.1 Å². The fourth-order valence-electron chi connectivity index (χ4n) is 0.